The highest BCUT2D eigenvalue weighted by atomic mass is 14.7. The Balaban J connectivity index is 1.51. The molecule has 2 N–H and O–H groups in total. The molecule has 0 aliphatic carbocycles. The molecule has 0 bridgehead atoms. The molecule has 0 amide bonds. The van der Waals surface area contributed by atoms with E-state index in [1.165, 1.54) is 49.0 Å². The van der Waals surface area contributed by atoms with E-state index in [2.05, 4.69) is 113 Å². The Morgan fingerprint density at radius 1 is 0.441 bits per heavy atom. The zero-order valence-corrected chi connectivity index (χ0v) is 18.3. The van der Waals surface area contributed by atoms with Gasteiger partial charge in [0.15, 0.2) is 0 Å². The van der Waals surface area contributed by atoms with Crippen LogP contribution in [-0.4, -0.2) is 15.0 Å². The average molecular weight is 434 g/mol. The van der Waals surface area contributed by atoms with Gasteiger partial charge in [0.25, 0.3) is 0 Å². The third-order valence-electron chi connectivity index (χ3n) is 7.13. The van der Waals surface area contributed by atoms with Gasteiger partial charge < -0.3 is 9.97 Å². The fraction of sp³-hybridized carbons (Fsp3) is 0. The third-order valence-corrected chi connectivity index (χ3v) is 7.13. The second-order valence-corrected chi connectivity index (χ2v) is 8.98. The van der Waals surface area contributed by atoms with Crippen LogP contribution in [-0.2, 0) is 0 Å². The predicted molar refractivity (Wildman–Crippen MR) is 143 cm³/mol. The van der Waals surface area contributed by atoms with Crippen LogP contribution in [0, 0.1) is 0 Å². The van der Waals surface area contributed by atoms with Crippen molar-refractivity contribution < 1.29 is 0 Å². The smallest absolute Gasteiger partial charge is 0.0717 e. The van der Waals surface area contributed by atoms with Gasteiger partial charge in [-0.1, -0.05) is 66.7 Å². The summed E-state index contributed by atoms with van der Waals surface area (Å²) >= 11 is 0. The summed E-state index contributed by atoms with van der Waals surface area (Å²) in [6.07, 6.45) is 0. The van der Waals surface area contributed by atoms with Gasteiger partial charge in [0.2, 0.25) is 0 Å². The molecule has 3 heterocycles. The summed E-state index contributed by atoms with van der Waals surface area (Å²) in [5.41, 5.74) is 9.05. The number of aromatic nitrogens is 3. The van der Waals surface area contributed by atoms with Crippen molar-refractivity contribution >= 4 is 65.4 Å². The molecule has 0 unspecified atom stereocenters. The standard InChI is InChI=1S/C31H19N3/c1-3-12-25-19(7-1)21-11-5-10-20(31(21)34-25)18-9-6-14-27-23(18)17-24-28(32-27)15-16-29-30(24)22-8-2-4-13-26(22)33-29/h1-17,33-34H. The molecule has 34 heavy (non-hydrogen) atoms. The maximum atomic E-state index is 5.10. The summed E-state index contributed by atoms with van der Waals surface area (Å²) in [5.74, 6) is 0. The summed E-state index contributed by atoms with van der Waals surface area (Å²) < 4.78 is 0. The summed E-state index contributed by atoms with van der Waals surface area (Å²) in [7, 11) is 0. The van der Waals surface area contributed by atoms with Crippen LogP contribution in [0.1, 0.15) is 0 Å². The number of nitrogens with zero attached hydrogens (tertiary/aromatic N) is 1. The second kappa shape index (κ2) is 6.46. The first-order chi connectivity index (χ1) is 16.8. The number of pyridine rings is 1. The SMILES string of the molecule is c1cc(-c2cccc3c2[nH]c2ccccc23)c2cc3c(ccc4[nH]c5ccccc5c43)nc2c1. The lowest BCUT2D eigenvalue weighted by Crippen LogP contribution is -1.88. The van der Waals surface area contributed by atoms with Crippen molar-refractivity contribution in [2.75, 3.05) is 0 Å². The lowest BCUT2D eigenvalue weighted by Gasteiger charge is -2.10. The minimum Gasteiger partial charge on any atom is -0.354 e. The molecule has 0 aliphatic rings. The van der Waals surface area contributed by atoms with Crippen molar-refractivity contribution in [2.45, 2.75) is 0 Å². The van der Waals surface area contributed by atoms with Gasteiger partial charge >= 0.3 is 0 Å². The molecule has 8 aromatic rings. The first kappa shape index (κ1) is 17.9. The maximum Gasteiger partial charge on any atom is 0.0717 e. The molecule has 0 saturated carbocycles. The quantitative estimate of drug-likeness (QED) is 0.251. The molecular formula is C31H19N3. The van der Waals surface area contributed by atoms with E-state index in [9.17, 15) is 0 Å². The Morgan fingerprint density at radius 2 is 1.15 bits per heavy atom. The third kappa shape index (κ3) is 2.33. The van der Waals surface area contributed by atoms with E-state index in [1.807, 2.05) is 0 Å². The predicted octanol–water partition coefficient (Wildman–Crippen LogP) is 8.32. The molecule has 158 valence electrons. The molecule has 8 rings (SSSR count). The van der Waals surface area contributed by atoms with Crippen molar-refractivity contribution in [3.8, 4) is 11.1 Å². The summed E-state index contributed by atoms with van der Waals surface area (Å²) in [6.45, 7) is 0. The number of hydrogen-bond donors (Lipinski definition) is 2. The fourth-order valence-corrected chi connectivity index (χ4v) is 5.61. The van der Waals surface area contributed by atoms with E-state index >= 15 is 0 Å². The number of H-pyrrole nitrogens is 2. The van der Waals surface area contributed by atoms with Crippen LogP contribution < -0.4 is 0 Å². The van der Waals surface area contributed by atoms with Crippen LogP contribution in [0.2, 0.25) is 0 Å². The van der Waals surface area contributed by atoms with E-state index in [4.69, 9.17) is 4.98 Å². The van der Waals surface area contributed by atoms with Crippen LogP contribution in [0.15, 0.2) is 103 Å². The largest absolute Gasteiger partial charge is 0.354 e. The summed E-state index contributed by atoms with van der Waals surface area (Å²) in [4.78, 5) is 12.3. The van der Waals surface area contributed by atoms with Crippen molar-refractivity contribution in [1.82, 2.24) is 15.0 Å². The monoisotopic (exact) mass is 433 g/mol. The van der Waals surface area contributed by atoms with E-state index in [0.29, 0.717) is 0 Å². The fourth-order valence-electron chi connectivity index (χ4n) is 5.61. The highest BCUT2D eigenvalue weighted by Crippen LogP contribution is 2.39. The first-order valence-electron chi connectivity index (χ1n) is 11.6. The molecule has 0 fully saturated rings. The number of nitrogens with one attached hydrogen (secondary N) is 2. The van der Waals surface area contributed by atoms with Crippen LogP contribution in [0.4, 0.5) is 0 Å². The minimum atomic E-state index is 1.01. The Labute approximate surface area is 194 Å². The summed E-state index contributed by atoms with van der Waals surface area (Å²) in [6, 6.07) is 36.6. The number of hydrogen-bond acceptors (Lipinski definition) is 1. The minimum absolute atomic E-state index is 1.01. The molecule has 0 radical (unpaired) electrons. The van der Waals surface area contributed by atoms with Gasteiger partial charge in [-0.15, -0.1) is 0 Å². The molecule has 3 heteroatoms. The van der Waals surface area contributed by atoms with Gasteiger partial charge in [-0.3, -0.25) is 0 Å². The molecule has 3 aromatic heterocycles. The molecule has 0 saturated heterocycles. The molecule has 0 aliphatic heterocycles. The molecule has 0 spiro atoms. The van der Waals surface area contributed by atoms with Crippen molar-refractivity contribution in [3.05, 3.63) is 103 Å². The molecule has 5 aromatic carbocycles. The van der Waals surface area contributed by atoms with Gasteiger partial charge in [-0.25, -0.2) is 4.98 Å². The van der Waals surface area contributed by atoms with E-state index < -0.39 is 0 Å². The van der Waals surface area contributed by atoms with Gasteiger partial charge in [0, 0.05) is 54.4 Å². The zero-order valence-electron chi connectivity index (χ0n) is 18.3. The lowest BCUT2D eigenvalue weighted by atomic mass is 9.96. The Morgan fingerprint density at radius 3 is 2.06 bits per heavy atom. The topological polar surface area (TPSA) is 44.5 Å². The van der Waals surface area contributed by atoms with Crippen LogP contribution >= 0.6 is 0 Å². The number of rotatable bonds is 1. The van der Waals surface area contributed by atoms with Crippen LogP contribution in [0.5, 0.6) is 0 Å². The Kier molecular flexibility index (Phi) is 3.39. The molecule has 0 atom stereocenters. The van der Waals surface area contributed by atoms with Gasteiger partial charge in [-0.2, -0.15) is 0 Å². The molecular weight excluding hydrogens is 414 g/mol. The normalized spacial score (nSPS) is 12.1. The van der Waals surface area contributed by atoms with Crippen molar-refractivity contribution in [1.29, 1.82) is 0 Å². The van der Waals surface area contributed by atoms with Crippen molar-refractivity contribution in [2.24, 2.45) is 0 Å². The highest BCUT2D eigenvalue weighted by Gasteiger charge is 2.14. The average Bonchev–Trinajstić information content (AvgIpc) is 3.46. The van der Waals surface area contributed by atoms with Crippen LogP contribution in [0.25, 0.3) is 76.5 Å². The number of benzene rings is 5. The van der Waals surface area contributed by atoms with Crippen LogP contribution in [0.3, 0.4) is 0 Å². The van der Waals surface area contributed by atoms with E-state index in [-0.39, 0.29) is 0 Å². The Bertz CT molecular complexity index is 2070. The zero-order chi connectivity index (χ0) is 22.2. The Hall–Kier alpha value is -4.63. The van der Waals surface area contributed by atoms with Gasteiger partial charge in [0.05, 0.1) is 16.6 Å². The van der Waals surface area contributed by atoms with Crippen molar-refractivity contribution in [3.63, 3.8) is 0 Å². The number of para-hydroxylation sites is 3. The second-order valence-electron chi connectivity index (χ2n) is 8.98. The maximum absolute atomic E-state index is 5.10. The highest BCUT2D eigenvalue weighted by molar-refractivity contribution is 6.22. The van der Waals surface area contributed by atoms with Gasteiger partial charge in [0.1, 0.15) is 0 Å². The van der Waals surface area contributed by atoms with E-state index in [1.54, 1.807) is 0 Å². The number of fused-ring (bicyclic) bond motifs is 9. The van der Waals surface area contributed by atoms with Gasteiger partial charge in [-0.05, 0) is 42.0 Å². The molecule has 3 nitrogen and oxygen atoms in total. The number of aromatic amines is 2. The lowest BCUT2D eigenvalue weighted by molar-refractivity contribution is 1.49. The first-order valence-corrected chi connectivity index (χ1v) is 11.6. The summed E-state index contributed by atoms with van der Waals surface area (Å²) in [5, 5.41) is 7.32. The van der Waals surface area contributed by atoms with E-state index in [0.717, 1.165) is 27.6 Å².